The molecule has 0 aliphatic carbocycles. The molecule has 69 heavy (non-hydrogen) atoms. The number of nitrogens with one attached hydrogen (secondary N) is 3. The van der Waals surface area contributed by atoms with Gasteiger partial charge in [-0.3, -0.25) is 15.0 Å². The molecule has 4 aromatic rings. The Morgan fingerprint density at radius 1 is 1.00 bits per heavy atom. The molecule has 3 aliphatic heterocycles. The fourth-order valence-electron chi connectivity index (χ4n) is 9.53. The van der Waals surface area contributed by atoms with E-state index in [0.717, 1.165) is 95.5 Å². The molecule has 5 heterocycles. The molecule has 2 amide bonds. The summed E-state index contributed by atoms with van der Waals surface area (Å²) < 4.78 is 22.7. The number of carbonyl (C=O) groups excluding carboxylic acids is 2. The molecule has 3 saturated heterocycles. The van der Waals surface area contributed by atoms with Crippen LogP contribution in [-0.2, 0) is 19.1 Å². The summed E-state index contributed by atoms with van der Waals surface area (Å²) >= 11 is 1.64. The van der Waals surface area contributed by atoms with Crippen molar-refractivity contribution in [3.63, 3.8) is 0 Å². The van der Waals surface area contributed by atoms with Crippen molar-refractivity contribution in [2.24, 2.45) is 17.1 Å². The number of aryl methyl sites for hydroxylation is 1. The number of para-hydroxylation sites is 1. The Morgan fingerprint density at radius 3 is 2.36 bits per heavy atom. The lowest BCUT2D eigenvalue weighted by atomic mass is 9.77. The molecule has 16 nitrogen and oxygen atoms in total. The lowest BCUT2D eigenvalue weighted by Gasteiger charge is -2.41. The Hall–Kier alpha value is -5.62. The molecule has 0 saturated carbocycles. The maximum Gasteiger partial charge on any atom is 0.254 e. The monoisotopic (exact) mass is 968 g/mol. The van der Waals surface area contributed by atoms with E-state index in [4.69, 9.17) is 35.3 Å². The number of piperidine rings is 1. The van der Waals surface area contributed by atoms with Crippen molar-refractivity contribution in [2.75, 3.05) is 72.3 Å². The van der Waals surface area contributed by atoms with Crippen molar-refractivity contribution in [2.45, 2.75) is 97.6 Å². The molecule has 2 aromatic carbocycles. The normalized spacial score (nSPS) is 17.9. The van der Waals surface area contributed by atoms with E-state index in [9.17, 15) is 14.7 Å². The van der Waals surface area contributed by atoms with Crippen molar-refractivity contribution < 1.29 is 33.4 Å². The smallest absolute Gasteiger partial charge is 0.254 e. The number of phenols is 1. The van der Waals surface area contributed by atoms with Gasteiger partial charge in [-0.25, -0.2) is 4.98 Å². The molecule has 0 bridgehead atoms. The predicted octanol–water partition coefficient (Wildman–Crippen LogP) is 7.92. The van der Waals surface area contributed by atoms with Crippen LogP contribution in [0.2, 0.25) is 0 Å². The average molecular weight is 968 g/mol. The van der Waals surface area contributed by atoms with Gasteiger partial charge < -0.3 is 55.0 Å². The van der Waals surface area contributed by atoms with Crippen LogP contribution in [0.15, 0.2) is 76.4 Å². The number of ether oxygens (including phenoxy) is 3. The third-order valence-electron chi connectivity index (χ3n) is 13.6. The van der Waals surface area contributed by atoms with E-state index < -0.39 is 0 Å². The number of hydrogen-bond acceptors (Lipinski definition) is 14. The number of aromatic nitrogens is 2. The van der Waals surface area contributed by atoms with Crippen LogP contribution < -0.4 is 15.8 Å². The SMILES string of the molecule is CC(C)C(C(=O)N1CCCC1C)c1cc(OCCOCCOCCCCN2CCC3(CCN(/C(=C/C(=N)c4ccccc4O)C(=N)N)CC3)C2)no1.Cc1ncsc1-c1ccc(C(C)NC=O)cc1. The number of carbonyl (C=O) groups is 2. The number of nitrogens with two attached hydrogens (primary N) is 1. The number of aromatic hydroxyl groups is 1. The van der Waals surface area contributed by atoms with Crippen LogP contribution >= 0.6 is 11.3 Å². The summed E-state index contributed by atoms with van der Waals surface area (Å²) in [5.41, 5.74) is 12.6. The Balaban J connectivity index is 0.000000385. The van der Waals surface area contributed by atoms with E-state index in [1.54, 1.807) is 47.7 Å². The maximum absolute atomic E-state index is 13.2. The number of nitrogens with zero attached hydrogens (tertiary/aromatic N) is 5. The van der Waals surface area contributed by atoms with Crippen molar-refractivity contribution in [1.82, 2.24) is 30.2 Å². The number of hydrogen-bond donors (Lipinski definition) is 5. The van der Waals surface area contributed by atoms with Gasteiger partial charge in [0.2, 0.25) is 12.3 Å². The molecule has 2 aromatic heterocycles. The number of amidine groups is 1. The number of benzene rings is 2. The van der Waals surface area contributed by atoms with Crippen LogP contribution in [0.25, 0.3) is 10.4 Å². The van der Waals surface area contributed by atoms with Crippen molar-refractivity contribution in [3.8, 4) is 22.1 Å². The summed E-state index contributed by atoms with van der Waals surface area (Å²) in [7, 11) is 0. The highest BCUT2D eigenvalue weighted by Crippen LogP contribution is 2.41. The molecule has 7 rings (SSSR count). The van der Waals surface area contributed by atoms with Gasteiger partial charge >= 0.3 is 0 Å². The van der Waals surface area contributed by atoms with Crippen molar-refractivity contribution in [1.29, 1.82) is 10.8 Å². The minimum Gasteiger partial charge on any atom is -0.507 e. The molecule has 3 fully saturated rings. The molecule has 0 radical (unpaired) electrons. The molecule has 1 spiro atoms. The zero-order valence-electron chi connectivity index (χ0n) is 41.1. The topological polar surface area (TPSA) is 216 Å². The molecule has 3 unspecified atom stereocenters. The second kappa shape index (κ2) is 25.8. The second-order valence-electron chi connectivity index (χ2n) is 18.9. The third-order valence-corrected chi connectivity index (χ3v) is 14.6. The minimum atomic E-state index is -0.368. The van der Waals surface area contributed by atoms with Crippen LogP contribution in [0, 0.1) is 29.1 Å². The third kappa shape index (κ3) is 14.7. The summed E-state index contributed by atoms with van der Waals surface area (Å²) in [5.74, 6) is 0.737. The summed E-state index contributed by atoms with van der Waals surface area (Å²) in [5, 5.41) is 33.5. The average Bonchev–Trinajstić information content (AvgIpc) is 4.17. The molecule has 6 N–H and O–H groups in total. The van der Waals surface area contributed by atoms with Gasteiger partial charge in [0.1, 0.15) is 24.1 Å². The Labute approximate surface area is 411 Å². The quantitative estimate of drug-likeness (QED) is 0.0207. The van der Waals surface area contributed by atoms with E-state index in [2.05, 4.69) is 44.3 Å². The van der Waals surface area contributed by atoms with E-state index in [-0.39, 0.29) is 47.1 Å². The number of thiazole rings is 1. The maximum atomic E-state index is 13.2. The molecule has 17 heteroatoms. The first-order chi connectivity index (χ1) is 33.3. The fraction of sp³-hybridized carbons (Fsp3) is 0.538. The number of likely N-dealkylation sites (tertiary alicyclic amines) is 3. The van der Waals surface area contributed by atoms with Gasteiger partial charge in [-0.15, -0.1) is 11.3 Å². The molecule has 3 aliphatic rings. The van der Waals surface area contributed by atoms with E-state index in [0.29, 0.717) is 61.4 Å². The fourth-order valence-corrected chi connectivity index (χ4v) is 10.3. The van der Waals surface area contributed by atoms with Gasteiger partial charge in [-0.1, -0.05) is 50.2 Å². The minimum absolute atomic E-state index is 0.0455. The Kier molecular flexibility index (Phi) is 19.7. The lowest BCUT2D eigenvalue weighted by Crippen LogP contribution is -2.43. The van der Waals surface area contributed by atoms with Gasteiger partial charge in [0, 0.05) is 50.5 Å². The highest BCUT2D eigenvalue weighted by molar-refractivity contribution is 7.13. The number of phenolic OH excluding ortho intramolecular Hbond substituents is 1. The van der Waals surface area contributed by atoms with Crippen molar-refractivity contribution in [3.05, 3.63) is 94.5 Å². The van der Waals surface area contributed by atoms with Gasteiger partial charge in [0.15, 0.2) is 5.76 Å². The summed E-state index contributed by atoms with van der Waals surface area (Å²) in [6.45, 7) is 18.3. The van der Waals surface area contributed by atoms with Crippen LogP contribution in [0.3, 0.4) is 0 Å². The van der Waals surface area contributed by atoms with Gasteiger partial charge in [-0.2, -0.15) is 0 Å². The van der Waals surface area contributed by atoms with Crippen LogP contribution in [0.4, 0.5) is 0 Å². The van der Waals surface area contributed by atoms with Gasteiger partial charge in [0.25, 0.3) is 5.88 Å². The van der Waals surface area contributed by atoms with Crippen LogP contribution in [-0.4, -0.2) is 132 Å². The number of allylic oxidation sites excluding steroid dienone is 1. The standard InChI is InChI=1S/C39H59N7O6.C13H14N2OS/c1-28(2)36(38(48)46-16-8-9-29(46)3)34-26-35(43-52-34)51-24-23-50-22-21-49-20-7-6-15-44-17-12-39(27-44)13-18-45(19-14-39)32(37(41)42)25-31(40)30-10-4-5-11-33(30)47;1-9(14-7-16)11-3-5-12(6-4-11)13-10(2)15-8-17-13/h4-5,10-11,25-26,28-29,36,40,47H,6-9,12-24,27H2,1-3H3,(H3,41,42);3-9H,1-2H3,(H,14,16)/b32-25+,40-31?;. The molecular weight excluding hydrogens is 895 g/mol. The van der Waals surface area contributed by atoms with Crippen molar-refractivity contribution >= 4 is 35.2 Å². The predicted molar refractivity (Wildman–Crippen MR) is 270 cm³/mol. The summed E-state index contributed by atoms with van der Waals surface area (Å²) in [6.07, 6.45) is 9.75. The highest BCUT2D eigenvalue weighted by atomic mass is 32.1. The van der Waals surface area contributed by atoms with Gasteiger partial charge in [-0.05, 0) is 125 Å². The number of rotatable bonds is 23. The second-order valence-corrected chi connectivity index (χ2v) is 19.7. The summed E-state index contributed by atoms with van der Waals surface area (Å²) in [4.78, 5) is 35.7. The molecule has 374 valence electrons. The zero-order valence-corrected chi connectivity index (χ0v) is 41.9. The van der Waals surface area contributed by atoms with Crippen LogP contribution in [0.5, 0.6) is 11.6 Å². The van der Waals surface area contributed by atoms with Gasteiger partial charge in [0.05, 0.1) is 53.4 Å². The zero-order chi connectivity index (χ0) is 49.3. The number of amides is 2. The lowest BCUT2D eigenvalue weighted by molar-refractivity contribution is -0.134. The first kappa shape index (κ1) is 52.7. The first-order valence-electron chi connectivity index (χ1n) is 24.4. The first-order valence-corrected chi connectivity index (χ1v) is 25.3. The summed E-state index contributed by atoms with van der Waals surface area (Å²) in [6, 6.07) is 17.0. The molecular formula is C52H73N9O7S. The van der Waals surface area contributed by atoms with E-state index in [1.165, 1.54) is 16.9 Å². The van der Waals surface area contributed by atoms with Crippen LogP contribution in [0.1, 0.15) is 107 Å². The molecule has 3 atom stereocenters. The van der Waals surface area contributed by atoms with E-state index >= 15 is 0 Å². The Morgan fingerprint density at radius 2 is 1.71 bits per heavy atom. The largest absolute Gasteiger partial charge is 0.507 e. The van der Waals surface area contributed by atoms with E-state index in [1.807, 2.05) is 50.2 Å². The Bertz CT molecular complexity index is 2310. The number of unbranched alkanes of at least 4 members (excludes halogenated alkanes) is 1. The highest BCUT2D eigenvalue weighted by Gasteiger charge is 2.41.